The predicted molar refractivity (Wildman–Crippen MR) is 109 cm³/mol. The molecule has 2 aliphatic rings. The van der Waals surface area contributed by atoms with Gasteiger partial charge in [0.25, 0.3) is 0 Å². The molecular formula is C25H29Cl2Zr-3. The Morgan fingerprint density at radius 1 is 0.929 bits per heavy atom. The van der Waals surface area contributed by atoms with Crippen LogP contribution in [0.15, 0.2) is 60.2 Å². The second-order valence-electron chi connectivity index (χ2n) is 7.44. The van der Waals surface area contributed by atoms with Crippen LogP contribution in [-0.2, 0) is 32.6 Å². The zero-order valence-electron chi connectivity index (χ0n) is 17.4. The van der Waals surface area contributed by atoms with Crippen LogP contribution in [0.1, 0.15) is 52.2 Å². The number of hydrogen-bond donors (Lipinski definition) is 0. The zero-order chi connectivity index (χ0) is 18.3. The molecule has 2 aliphatic carbocycles. The third-order valence-corrected chi connectivity index (χ3v) is 4.18. The van der Waals surface area contributed by atoms with Crippen LogP contribution in [0.25, 0.3) is 11.1 Å². The predicted octanol–water partition coefficient (Wildman–Crippen LogP) is 1.02. The number of fused-ring (bicyclic) bond motifs is 3. The van der Waals surface area contributed by atoms with E-state index in [0.29, 0.717) is 5.41 Å². The summed E-state index contributed by atoms with van der Waals surface area (Å²) in [6.07, 6.45) is 11.5. The maximum absolute atomic E-state index is 3.30. The summed E-state index contributed by atoms with van der Waals surface area (Å²) in [6.45, 7) is 10.7. The number of hydrogen-bond acceptors (Lipinski definition) is 0. The molecule has 0 radical (unpaired) electrons. The molecule has 0 unspecified atom stereocenters. The Labute approximate surface area is 203 Å². The fraction of sp³-hybridized carbons (Fsp3) is 0.320. The molecule has 0 nitrogen and oxygen atoms in total. The van der Waals surface area contributed by atoms with Gasteiger partial charge in [0, 0.05) is 0 Å². The van der Waals surface area contributed by atoms with Crippen molar-refractivity contribution in [1.29, 1.82) is 0 Å². The van der Waals surface area contributed by atoms with E-state index in [4.69, 9.17) is 0 Å². The molecule has 0 atom stereocenters. The van der Waals surface area contributed by atoms with Gasteiger partial charge >= 0.3 is 26.2 Å². The van der Waals surface area contributed by atoms with Crippen LogP contribution >= 0.6 is 0 Å². The summed E-state index contributed by atoms with van der Waals surface area (Å²) in [5.41, 5.74) is 7.25. The van der Waals surface area contributed by atoms with E-state index in [2.05, 4.69) is 81.5 Å². The summed E-state index contributed by atoms with van der Waals surface area (Å²) in [5, 5.41) is 0. The van der Waals surface area contributed by atoms with Crippen molar-refractivity contribution >= 4 is 0 Å². The van der Waals surface area contributed by atoms with E-state index in [0.717, 1.165) is 12.8 Å². The Bertz CT molecular complexity index is 712. The Kier molecular flexibility index (Phi) is 15.2. The van der Waals surface area contributed by atoms with Crippen molar-refractivity contribution in [3.8, 4) is 11.1 Å². The molecule has 3 heteroatoms. The summed E-state index contributed by atoms with van der Waals surface area (Å²) in [7, 11) is 0. The molecule has 0 saturated carbocycles. The molecular weight excluding hydrogens is 462 g/mol. The summed E-state index contributed by atoms with van der Waals surface area (Å²) in [4.78, 5) is 0. The molecule has 2 aromatic rings. The summed E-state index contributed by atoms with van der Waals surface area (Å²) < 4.78 is 0. The molecule has 0 bridgehead atoms. The number of halogens is 2. The normalized spacial score (nSPS) is 12.2. The van der Waals surface area contributed by atoms with E-state index in [1.807, 2.05) is 26.3 Å². The van der Waals surface area contributed by atoms with Gasteiger partial charge in [0.1, 0.15) is 0 Å². The van der Waals surface area contributed by atoms with E-state index < -0.39 is 0 Å². The molecule has 28 heavy (non-hydrogen) atoms. The molecule has 2 aromatic carbocycles. The third-order valence-electron chi connectivity index (χ3n) is 4.18. The van der Waals surface area contributed by atoms with Crippen molar-refractivity contribution in [3.05, 3.63) is 89.9 Å². The molecule has 0 fully saturated rings. The van der Waals surface area contributed by atoms with Crippen LogP contribution in [0, 0.1) is 24.0 Å². The largest absolute Gasteiger partial charge is 2.00 e. The van der Waals surface area contributed by atoms with Crippen LogP contribution < -0.4 is 24.8 Å². The van der Waals surface area contributed by atoms with Crippen molar-refractivity contribution in [1.82, 2.24) is 0 Å². The molecule has 0 spiro atoms. The van der Waals surface area contributed by atoms with Crippen LogP contribution in [0.5, 0.6) is 0 Å². The Hall–Kier alpha value is -0.617. The standard InChI is InChI=1S/C13H9.C9H13.C3H7.2ClH.Zr/c1-3-7-12-10(5-1)9-11-6-2-4-8-13(11)12;1-9(2,3)8-6-4-5-7-8;1-3-2;;;/h1-5,7-8H,9H2;6-7H,4H2,1-3H3;3H,1-2H3;2*1H;/q3*-1;;;+2/p-2. The number of rotatable bonds is 0. The van der Waals surface area contributed by atoms with Crippen LogP contribution in [-0.4, -0.2) is 0 Å². The molecule has 0 amide bonds. The molecule has 150 valence electrons. The van der Waals surface area contributed by atoms with Gasteiger partial charge in [-0.3, -0.25) is 6.08 Å². The van der Waals surface area contributed by atoms with Crippen LogP contribution in [0.3, 0.4) is 0 Å². The first-order valence-corrected chi connectivity index (χ1v) is 9.06. The second-order valence-corrected chi connectivity index (χ2v) is 7.44. The van der Waals surface area contributed by atoms with Gasteiger partial charge in [-0.05, 0) is 6.42 Å². The van der Waals surface area contributed by atoms with E-state index in [-0.39, 0.29) is 51.0 Å². The average molecular weight is 492 g/mol. The van der Waals surface area contributed by atoms with Gasteiger partial charge in [0.15, 0.2) is 0 Å². The van der Waals surface area contributed by atoms with Crippen molar-refractivity contribution in [3.63, 3.8) is 0 Å². The van der Waals surface area contributed by atoms with E-state index in [9.17, 15) is 0 Å². The summed E-state index contributed by atoms with van der Waals surface area (Å²) in [6, 6.07) is 18.1. The minimum absolute atomic E-state index is 0. The van der Waals surface area contributed by atoms with Crippen molar-refractivity contribution in [2.24, 2.45) is 5.41 Å². The molecule has 0 aliphatic heterocycles. The number of benzene rings is 2. The molecule has 0 heterocycles. The fourth-order valence-electron chi connectivity index (χ4n) is 2.92. The van der Waals surface area contributed by atoms with Crippen LogP contribution in [0.4, 0.5) is 0 Å². The molecule has 0 saturated heterocycles. The van der Waals surface area contributed by atoms with Crippen LogP contribution in [0.2, 0.25) is 0 Å². The minimum atomic E-state index is 0. The maximum atomic E-state index is 3.30. The molecule has 0 aromatic heterocycles. The third kappa shape index (κ3) is 8.40. The van der Waals surface area contributed by atoms with Crippen molar-refractivity contribution < 1.29 is 51.0 Å². The zero-order valence-corrected chi connectivity index (χ0v) is 21.4. The number of allylic oxidation sites excluding steroid dienone is 4. The Morgan fingerprint density at radius 2 is 1.54 bits per heavy atom. The van der Waals surface area contributed by atoms with Crippen molar-refractivity contribution in [2.45, 2.75) is 47.5 Å². The summed E-state index contributed by atoms with van der Waals surface area (Å²) >= 11 is 0. The first-order valence-electron chi connectivity index (χ1n) is 9.06. The van der Waals surface area contributed by atoms with Gasteiger partial charge in [-0.15, -0.1) is 12.0 Å². The quantitative estimate of drug-likeness (QED) is 0.412. The molecule has 0 N–H and O–H groups in total. The average Bonchev–Trinajstić information content (AvgIpc) is 3.24. The van der Waals surface area contributed by atoms with Crippen molar-refractivity contribution in [2.75, 3.05) is 0 Å². The second kappa shape index (κ2) is 14.4. The SMILES string of the molecule is CC(C)(C)C1=CC[C-]=C1.C[CH-]C.[Cl-].[Cl-].[Zr+2].[c-]1cccc2c1Cc1ccccc1-2. The fourth-order valence-corrected chi connectivity index (χ4v) is 2.92. The van der Waals surface area contributed by atoms with Gasteiger partial charge in [-0.25, -0.2) is 6.08 Å². The van der Waals surface area contributed by atoms with E-state index in [1.54, 1.807) is 0 Å². The van der Waals surface area contributed by atoms with Gasteiger partial charge < -0.3 is 31.2 Å². The van der Waals surface area contributed by atoms with Gasteiger partial charge in [-0.2, -0.15) is 55.3 Å². The Balaban J connectivity index is 0. The van der Waals surface area contributed by atoms with E-state index in [1.165, 1.54) is 27.8 Å². The minimum Gasteiger partial charge on any atom is -1.00 e. The van der Waals surface area contributed by atoms with Gasteiger partial charge in [0.2, 0.25) is 0 Å². The maximum Gasteiger partial charge on any atom is 2.00 e. The smallest absolute Gasteiger partial charge is 1.00 e. The molecule has 4 rings (SSSR count). The van der Waals surface area contributed by atoms with E-state index >= 15 is 0 Å². The van der Waals surface area contributed by atoms with Gasteiger partial charge in [0.05, 0.1) is 0 Å². The topological polar surface area (TPSA) is 0 Å². The first kappa shape index (κ1) is 29.6. The summed E-state index contributed by atoms with van der Waals surface area (Å²) in [5.74, 6) is 0. The van der Waals surface area contributed by atoms with Gasteiger partial charge in [-0.1, -0.05) is 61.6 Å². The Morgan fingerprint density at radius 3 is 2.07 bits per heavy atom. The monoisotopic (exact) mass is 489 g/mol. The first-order chi connectivity index (χ1) is 12.0.